The van der Waals surface area contributed by atoms with Crippen LogP contribution in [0.5, 0.6) is 0 Å². The lowest BCUT2D eigenvalue weighted by Gasteiger charge is -2.13. The molecule has 2 fully saturated rings. The topological polar surface area (TPSA) is 94.2 Å². The summed E-state index contributed by atoms with van der Waals surface area (Å²) in [6.45, 7) is 1.83. The maximum Gasteiger partial charge on any atom is 0.229 e. The molecule has 8 heteroatoms. The molecule has 1 aliphatic heterocycles. The number of amides is 1. The van der Waals surface area contributed by atoms with Crippen molar-refractivity contribution in [1.82, 2.24) is 9.78 Å². The smallest absolute Gasteiger partial charge is 0.229 e. The molecule has 2 aromatic rings. The molecule has 2 aliphatic rings. The molecule has 0 spiro atoms. The Kier molecular flexibility index (Phi) is 3.52. The van der Waals surface area contributed by atoms with Crippen LogP contribution in [0, 0.1) is 12.8 Å². The molecule has 0 radical (unpaired) electrons. The Hall–Kier alpha value is -2.09. The Balaban J connectivity index is 1.48. The Labute approximate surface area is 139 Å². The lowest BCUT2D eigenvalue weighted by molar-refractivity contribution is -0.117. The zero-order chi connectivity index (χ0) is 16.9. The van der Waals surface area contributed by atoms with Crippen LogP contribution in [0.25, 0.3) is 0 Å². The van der Waals surface area contributed by atoms with Gasteiger partial charge in [0.1, 0.15) is 11.6 Å². The van der Waals surface area contributed by atoms with Gasteiger partial charge in [-0.25, -0.2) is 13.1 Å². The summed E-state index contributed by atoms with van der Waals surface area (Å²) in [6, 6.07) is 5.28. The fourth-order valence-electron chi connectivity index (χ4n) is 3.38. The highest BCUT2D eigenvalue weighted by atomic mass is 32.2. The van der Waals surface area contributed by atoms with Crippen molar-refractivity contribution in [2.45, 2.75) is 31.7 Å². The standard InChI is InChI=1S/C16H19N3O4S/c1-10-7-15(19(18-10)11-4-6-24(21,22)9-11)17-16(20)13-8-12(13)14-3-2-5-23-14/h2-3,5,7,11-13H,4,6,8-9H2,1H3,(H,17,20)/t11-,12+,13+/m0/s1. The highest BCUT2D eigenvalue weighted by Gasteiger charge is 2.46. The zero-order valence-electron chi connectivity index (χ0n) is 13.3. The second kappa shape index (κ2) is 5.47. The van der Waals surface area contributed by atoms with Crippen LogP contribution in [0.2, 0.25) is 0 Å². The van der Waals surface area contributed by atoms with Gasteiger partial charge in [-0.2, -0.15) is 5.10 Å². The minimum absolute atomic E-state index is 0.0709. The summed E-state index contributed by atoms with van der Waals surface area (Å²) in [5.74, 6) is 1.61. The summed E-state index contributed by atoms with van der Waals surface area (Å²) in [5.41, 5.74) is 0.757. The van der Waals surface area contributed by atoms with Crippen LogP contribution in [0.3, 0.4) is 0 Å². The molecule has 7 nitrogen and oxygen atoms in total. The molecule has 0 unspecified atom stereocenters. The maximum atomic E-state index is 12.5. The van der Waals surface area contributed by atoms with Crippen molar-refractivity contribution in [3.8, 4) is 0 Å². The molecule has 1 saturated carbocycles. The molecular weight excluding hydrogens is 330 g/mol. The van der Waals surface area contributed by atoms with E-state index in [9.17, 15) is 13.2 Å². The number of carbonyl (C=O) groups excluding carboxylic acids is 1. The molecule has 128 valence electrons. The van der Waals surface area contributed by atoms with Gasteiger partial charge in [0.2, 0.25) is 5.91 Å². The van der Waals surface area contributed by atoms with Gasteiger partial charge in [0, 0.05) is 17.9 Å². The highest BCUT2D eigenvalue weighted by molar-refractivity contribution is 7.91. The summed E-state index contributed by atoms with van der Waals surface area (Å²) in [6.07, 6.45) is 2.91. The fourth-order valence-corrected chi connectivity index (χ4v) is 5.07. The van der Waals surface area contributed by atoms with Crippen LogP contribution in [-0.4, -0.2) is 35.6 Å². The first-order chi connectivity index (χ1) is 11.4. The predicted octanol–water partition coefficient (Wildman–Crippen LogP) is 1.89. The van der Waals surface area contributed by atoms with Gasteiger partial charge in [-0.3, -0.25) is 4.79 Å². The average Bonchev–Trinajstić information content (AvgIpc) is 2.86. The third-order valence-electron chi connectivity index (χ3n) is 4.70. The summed E-state index contributed by atoms with van der Waals surface area (Å²) in [7, 11) is -3.01. The first kappa shape index (κ1) is 15.4. The molecule has 1 saturated heterocycles. The lowest BCUT2D eigenvalue weighted by atomic mass is 10.2. The van der Waals surface area contributed by atoms with Crippen molar-refractivity contribution in [3.05, 3.63) is 35.9 Å². The van der Waals surface area contributed by atoms with E-state index in [1.807, 2.05) is 19.1 Å². The zero-order valence-corrected chi connectivity index (χ0v) is 14.1. The number of hydrogen-bond acceptors (Lipinski definition) is 5. The number of aryl methyl sites for hydroxylation is 1. The summed E-state index contributed by atoms with van der Waals surface area (Å²) in [4.78, 5) is 12.5. The normalized spacial score (nSPS) is 28.0. The predicted molar refractivity (Wildman–Crippen MR) is 87.5 cm³/mol. The SMILES string of the molecule is Cc1cc(NC(=O)[C@@H]2C[C@H]2c2ccco2)n([C@H]2CCS(=O)(=O)C2)n1. The van der Waals surface area contributed by atoms with Gasteiger partial charge in [0.05, 0.1) is 29.5 Å². The minimum Gasteiger partial charge on any atom is -0.469 e. The Morgan fingerprint density at radius 1 is 1.46 bits per heavy atom. The van der Waals surface area contributed by atoms with Gasteiger partial charge in [0.25, 0.3) is 0 Å². The first-order valence-electron chi connectivity index (χ1n) is 8.04. The number of nitrogens with zero attached hydrogens (tertiary/aromatic N) is 2. The van der Waals surface area contributed by atoms with Crippen molar-refractivity contribution in [2.75, 3.05) is 16.8 Å². The molecule has 1 amide bonds. The molecular formula is C16H19N3O4S. The van der Waals surface area contributed by atoms with Crippen LogP contribution in [0.4, 0.5) is 5.82 Å². The van der Waals surface area contributed by atoms with Crippen LogP contribution in [-0.2, 0) is 14.6 Å². The van der Waals surface area contributed by atoms with E-state index in [1.54, 1.807) is 17.0 Å². The number of sulfone groups is 1. The molecule has 3 heterocycles. The molecule has 0 aromatic carbocycles. The third-order valence-corrected chi connectivity index (χ3v) is 6.45. The lowest BCUT2D eigenvalue weighted by Crippen LogP contribution is -2.20. The summed E-state index contributed by atoms with van der Waals surface area (Å²) < 4.78 is 30.4. The van der Waals surface area contributed by atoms with Crippen LogP contribution < -0.4 is 5.32 Å². The average molecular weight is 349 g/mol. The Bertz CT molecular complexity index is 869. The van der Waals surface area contributed by atoms with E-state index in [2.05, 4.69) is 10.4 Å². The fraction of sp³-hybridized carbons (Fsp3) is 0.500. The second-order valence-corrected chi connectivity index (χ2v) is 8.85. The van der Waals surface area contributed by atoms with E-state index >= 15 is 0 Å². The van der Waals surface area contributed by atoms with Gasteiger partial charge >= 0.3 is 0 Å². The number of furan rings is 1. The number of nitrogens with one attached hydrogen (secondary N) is 1. The molecule has 1 N–H and O–H groups in total. The largest absolute Gasteiger partial charge is 0.469 e. The minimum atomic E-state index is -3.01. The second-order valence-electron chi connectivity index (χ2n) is 6.63. The third kappa shape index (κ3) is 2.86. The van der Waals surface area contributed by atoms with Gasteiger partial charge in [-0.1, -0.05) is 0 Å². The monoisotopic (exact) mass is 349 g/mol. The van der Waals surface area contributed by atoms with Crippen molar-refractivity contribution >= 4 is 21.6 Å². The quantitative estimate of drug-likeness (QED) is 0.909. The maximum absolute atomic E-state index is 12.5. The van der Waals surface area contributed by atoms with E-state index in [0.717, 1.165) is 17.9 Å². The molecule has 3 atom stereocenters. The van der Waals surface area contributed by atoms with Gasteiger partial charge < -0.3 is 9.73 Å². The van der Waals surface area contributed by atoms with E-state index in [1.165, 1.54) is 0 Å². The van der Waals surface area contributed by atoms with Gasteiger partial charge in [-0.05, 0) is 31.9 Å². The van der Waals surface area contributed by atoms with E-state index in [4.69, 9.17) is 4.42 Å². The van der Waals surface area contributed by atoms with Crippen LogP contribution >= 0.6 is 0 Å². The number of rotatable bonds is 4. The van der Waals surface area contributed by atoms with Gasteiger partial charge in [-0.15, -0.1) is 0 Å². The van der Waals surface area contributed by atoms with E-state index in [0.29, 0.717) is 12.2 Å². The van der Waals surface area contributed by atoms with Crippen molar-refractivity contribution in [1.29, 1.82) is 0 Å². The van der Waals surface area contributed by atoms with Crippen molar-refractivity contribution in [3.63, 3.8) is 0 Å². The van der Waals surface area contributed by atoms with Crippen molar-refractivity contribution in [2.24, 2.45) is 5.92 Å². The number of aromatic nitrogens is 2. The first-order valence-corrected chi connectivity index (χ1v) is 9.86. The summed E-state index contributed by atoms with van der Waals surface area (Å²) >= 11 is 0. The van der Waals surface area contributed by atoms with Crippen molar-refractivity contribution < 1.29 is 17.6 Å². The van der Waals surface area contributed by atoms with E-state index in [-0.39, 0.29) is 35.3 Å². The Morgan fingerprint density at radius 3 is 2.96 bits per heavy atom. The van der Waals surface area contributed by atoms with Crippen LogP contribution in [0.1, 0.15) is 36.3 Å². The highest BCUT2D eigenvalue weighted by Crippen LogP contribution is 2.48. The van der Waals surface area contributed by atoms with Gasteiger partial charge in [0.15, 0.2) is 9.84 Å². The van der Waals surface area contributed by atoms with Crippen LogP contribution in [0.15, 0.2) is 28.9 Å². The molecule has 0 bridgehead atoms. The molecule has 4 rings (SSSR count). The molecule has 24 heavy (non-hydrogen) atoms. The molecule has 1 aliphatic carbocycles. The Morgan fingerprint density at radius 2 is 2.29 bits per heavy atom. The number of anilines is 1. The number of carbonyl (C=O) groups is 1. The number of hydrogen-bond donors (Lipinski definition) is 1. The molecule has 2 aromatic heterocycles. The van der Waals surface area contributed by atoms with E-state index < -0.39 is 9.84 Å². The summed E-state index contributed by atoms with van der Waals surface area (Å²) in [5, 5.41) is 7.29.